The van der Waals surface area contributed by atoms with Gasteiger partial charge < -0.3 is 89.9 Å². The van der Waals surface area contributed by atoms with Crippen molar-refractivity contribution in [2.75, 3.05) is 26.4 Å². The average Bonchev–Trinajstić information content (AvgIpc) is 3.18. The van der Waals surface area contributed by atoms with E-state index in [0.717, 1.165) is 64.2 Å². The second-order valence-corrected chi connectivity index (χ2v) is 22.1. The molecule has 3 aliphatic heterocycles. The molecular formula is C64H109NO18. The zero-order valence-corrected chi connectivity index (χ0v) is 49.9. The van der Waals surface area contributed by atoms with Gasteiger partial charge in [0.25, 0.3) is 0 Å². The van der Waals surface area contributed by atoms with Crippen LogP contribution in [0.2, 0.25) is 0 Å². The number of allylic oxidation sites excluding steroid dienone is 14. The van der Waals surface area contributed by atoms with Gasteiger partial charge in [-0.1, -0.05) is 195 Å². The highest BCUT2D eigenvalue weighted by atomic mass is 16.8. The van der Waals surface area contributed by atoms with Gasteiger partial charge >= 0.3 is 0 Å². The van der Waals surface area contributed by atoms with Crippen LogP contribution in [0.15, 0.2) is 85.1 Å². The van der Waals surface area contributed by atoms with Crippen LogP contribution in [0.5, 0.6) is 0 Å². The summed E-state index contributed by atoms with van der Waals surface area (Å²) in [6, 6.07) is -0.923. The van der Waals surface area contributed by atoms with Crippen molar-refractivity contribution in [3.63, 3.8) is 0 Å². The number of ether oxygens (including phenoxy) is 6. The van der Waals surface area contributed by atoms with E-state index in [2.05, 4.69) is 98.2 Å². The standard InChI is InChI=1S/C64H109NO18/c1-3-5-7-9-11-13-15-17-19-20-21-22-23-24-25-26-28-30-32-34-36-38-40-42-52(70)65-47(48(69)41-39-37-35-33-31-29-27-18-16-14-12-10-8-6-4-2)46-78-62-58(76)55(73)60(50(44-67)80-62)83-64-59(77)56(74)61(51(45-68)81-64)82-63-57(75)54(72)53(71)49(43-66)79-63/h5,7,11,13,17,19,21-22,24-25,28,30,34,36,47-51,53-64,66-69,71-77H,3-4,6,8-10,12,14-16,18,20,23,26-27,29,31-33,35,37-46H2,1-2H3,(H,65,70)/b7-5-,13-11-,19-17-,22-21-,25-24-,30-28-,36-34-. The van der Waals surface area contributed by atoms with E-state index in [1.807, 2.05) is 6.08 Å². The lowest BCUT2D eigenvalue weighted by Crippen LogP contribution is -2.66. The molecule has 19 nitrogen and oxygen atoms in total. The Kier molecular flexibility index (Phi) is 41.3. The number of aliphatic hydroxyl groups is 11. The summed E-state index contributed by atoms with van der Waals surface area (Å²) in [6.07, 6.45) is 29.5. The van der Waals surface area contributed by atoms with Crippen LogP contribution in [0.25, 0.3) is 0 Å². The minimum absolute atomic E-state index is 0.181. The van der Waals surface area contributed by atoms with E-state index in [1.165, 1.54) is 70.6 Å². The van der Waals surface area contributed by atoms with Gasteiger partial charge in [0.1, 0.15) is 73.2 Å². The van der Waals surface area contributed by atoms with Gasteiger partial charge in [0.05, 0.1) is 38.6 Å². The molecule has 478 valence electrons. The lowest BCUT2D eigenvalue weighted by Gasteiger charge is -2.48. The van der Waals surface area contributed by atoms with Crippen molar-refractivity contribution in [2.45, 2.75) is 285 Å². The van der Waals surface area contributed by atoms with Crippen molar-refractivity contribution in [1.82, 2.24) is 5.32 Å². The molecule has 0 saturated carbocycles. The van der Waals surface area contributed by atoms with Crippen molar-refractivity contribution >= 4 is 5.91 Å². The molecule has 3 heterocycles. The molecule has 17 unspecified atom stereocenters. The summed E-state index contributed by atoms with van der Waals surface area (Å²) in [5.41, 5.74) is 0. The first-order valence-electron chi connectivity index (χ1n) is 31.3. The first-order chi connectivity index (χ1) is 40.3. The number of carbonyl (C=O) groups excluding carboxylic acids is 1. The molecule has 19 heteroatoms. The van der Waals surface area contributed by atoms with Crippen LogP contribution < -0.4 is 5.32 Å². The summed E-state index contributed by atoms with van der Waals surface area (Å²) in [5, 5.41) is 120. The number of rotatable bonds is 45. The number of carbonyl (C=O) groups is 1. The minimum Gasteiger partial charge on any atom is -0.394 e. The van der Waals surface area contributed by atoms with Crippen LogP contribution in [0.3, 0.4) is 0 Å². The molecule has 0 aliphatic carbocycles. The number of aliphatic hydroxyl groups excluding tert-OH is 11. The monoisotopic (exact) mass is 1180 g/mol. The van der Waals surface area contributed by atoms with E-state index in [4.69, 9.17) is 28.4 Å². The van der Waals surface area contributed by atoms with E-state index in [1.54, 1.807) is 0 Å². The van der Waals surface area contributed by atoms with Crippen LogP contribution in [0, 0.1) is 0 Å². The van der Waals surface area contributed by atoms with E-state index < -0.39 is 124 Å². The molecular weight excluding hydrogens is 1070 g/mol. The quantitative estimate of drug-likeness (QED) is 0.0233. The predicted molar refractivity (Wildman–Crippen MR) is 318 cm³/mol. The maximum Gasteiger partial charge on any atom is 0.220 e. The summed E-state index contributed by atoms with van der Waals surface area (Å²) < 4.78 is 34.3. The van der Waals surface area contributed by atoms with Gasteiger partial charge in [-0.25, -0.2) is 0 Å². The highest BCUT2D eigenvalue weighted by Gasteiger charge is 2.53. The van der Waals surface area contributed by atoms with Crippen molar-refractivity contribution < 1.29 is 89.4 Å². The topological polar surface area (TPSA) is 307 Å². The SMILES string of the molecule is CC/C=C\C/C=C\C/C=C\C/C=C\C/C=C\C/C=C\C/C=C\CCCC(=O)NC(COC1OC(CO)C(OC2OC(CO)C(OC3OC(CO)C(O)C(O)C3O)C(O)C2O)C(O)C1O)C(O)CCCCCCCCCCCCCCCCC. The maximum absolute atomic E-state index is 13.3. The van der Waals surface area contributed by atoms with Gasteiger partial charge in [-0.15, -0.1) is 0 Å². The van der Waals surface area contributed by atoms with Gasteiger partial charge in [0.15, 0.2) is 18.9 Å². The molecule has 3 aliphatic rings. The van der Waals surface area contributed by atoms with Gasteiger partial charge in [0, 0.05) is 6.42 Å². The molecule has 0 radical (unpaired) electrons. The van der Waals surface area contributed by atoms with Crippen molar-refractivity contribution in [3.05, 3.63) is 85.1 Å². The molecule has 0 aromatic rings. The Morgan fingerprint density at radius 2 is 0.819 bits per heavy atom. The van der Waals surface area contributed by atoms with Gasteiger partial charge in [0.2, 0.25) is 5.91 Å². The largest absolute Gasteiger partial charge is 0.394 e. The molecule has 3 fully saturated rings. The van der Waals surface area contributed by atoms with E-state index >= 15 is 0 Å². The van der Waals surface area contributed by atoms with Gasteiger partial charge in [-0.2, -0.15) is 0 Å². The molecule has 0 spiro atoms. The fourth-order valence-electron chi connectivity index (χ4n) is 10.1. The third-order valence-electron chi connectivity index (χ3n) is 15.2. The number of nitrogens with one attached hydrogen (secondary N) is 1. The van der Waals surface area contributed by atoms with Crippen LogP contribution in [0.1, 0.15) is 181 Å². The van der Waals surface area contributed by atoms with Gasteiger partial charge in [-0.3, -0.25) is 4.79 Å². The highest BCUT2D eigenvalue weighted by Crippen LogP contribution is 2.33. The second-order valence-electron chi connectivity index (χ2n) is 22.1. The second kappa shape index (κ2) is 46.2. The average molecular weight is 1180 g/mol. The molecule has 83 heavy (non-hydrogen) atoms. The number of unbranched alkanes of at least 4 members (excludes halogenated alkanes) is 15. The van der Waals surface area contributed by atoms with Crippen molar-refractivity contribution in [3.8, 4) is 0 Å². The molecule has 0 aromatic heterocycles. The smallest absolute Gasteiger partial charge is 0.220 e. The Labute approximate surface area is 495 Å². The predicted octanol–water partition coefficient (Wildman–Crippen LogP) is 6.37. The van der Waals surface area contributed by atoms with Gasteiger partial charge in [-0.05, 0) is 64.2 Å². The van der Waals surface area contributed by atoms with E-state index in [0.29, 0.717) is 25.7 Å². The Bertz CT molecular complexity index is 1840. The molecule has 1 amide bonds. The fraction of sp³-hybridized carbons (Fsp3) is 0.766. The molecule has 12 N–H and O–H groups in total. The third kappa shape index (κ3) is 29.5. The van der Waals surface area contributed by atoms with Crippen LogP contribution in [-0.2, 0) is 33.2 Å². The Hall–Kier alpha value is -3.03. The zero-order valence-electron chi connectivity index (χ0n) is 49.9. The molecule has 3 saturated heterocycles. The molecule has 3 rings (SSSR count). The summed E-state index contributed by atoms with van der Waals surface area (Å²) in [6.45, 7) is 1.62. The summed E-state index contributed by atoms with van der Waals surface area (Å²) in [5.74, 6) is -0.304. The lowest BCUT2D eigenvalue weighted by molar-refractivity contribution is -0.379. The first kappa shape index (κ1) is 74.2. The van der Waals surface area contributed by atoms with Crippen LogP contribution in [-0.4, -0.2) is 193 Å². The fourth-order valence-corrected chi connectivity index (χ4v) is 10.1. The van der Waals surface area contributed by atoms with Crippen molar-refractivity contribution in [1.29, 1.82) is 0 Å². The first-order valence-corrected chi connectivity index (χ1v) is 31.3. The Morgan fingerprint density at radius 3 is 1.25 bits per heavy atom. The zero-order chi connectivity index (χ0) is 60.5. The third-order valence-corrected chi connectivity index (χ3v) is 15.2. The van der Waals surface area contributed by atoms with E-state index in [9.17, 15) is 61.0 Å². The molecule has 0 bridgehead atoms. The van der Waals surface area contributed by atoms with Crippen LogP contribution >= 0.6 is 0 Å². The minimum atomic E-state index is -1.98. The Morgan fingerprint density at radius 1 is 0.446 bits per heavy atom. The Balaban J connectivity index is 1.50. The highest BCUT2D eigenvalue weighted by molar-refractivity contribution is 5.76. The molecule has 17 atom stereocenters. The summed E-state index contributed by atoms with van der Waals surface area (Å²) in [4.78, 5) is 13.3. The number of amides is 1. The molecule has 0 aromatic carbocycles. The lowest BCUT2D eigenvalue weighted by atomic mass is 9.96. The number of hydrogen-bond donors (Lipinski definition) is 12. The van der Waals surface area contributed by atoms with Crippen LogP contribution in [0.4, 0.5) is 0 Å². The van der Waals surface area contributed by atoms with E-state index in [-0.39, 0.29) is 18.9 Å². The van der Waals surface area contributed by atoms with Crippen molar-refractivity contribution in [2.24, 2.45) is 0 Å². The summed E-state index contributed by atoms with van der Waals surface area (Å²) >= 11 is 0. The number of hydrogen-bond acceptors (Lipinski definition) is 18. The normalized spacial score (nSPS) is 30.0. The summed E-state index contributed by atoms with van der Waals surface area (Å²) in [7, 11) is 0. The maximum atomic E-state index is 13.3.